The van der Waals surface area contributed by atoms with E-state index in [0.717, 1.165) is 5.75 Å². The van der Waals surface area contributed by atoms with Crippen LogP contribution in [0, 0.1) is 11.3 Å². The van der Waals surface area contributed by atoms with Gasteiger partial charge in [-0.3, -0.25) is 14.4 Å². The first kappa shape index (κ1) is 24.7. The molecular formula is C18H32O7S. The number of ether oxygens (including phenoxy) is 3. The van der Waals surface area contributed by atoms with E-state index in [0.29, 0.717) is 18.6 Å². The topological polar surface area (TPSA) is 99.1 Å². The van der Waals surface area contributed by atoms with Gasteiger partial charge in [0.15, 0.2) is 0 Å². The number of rotatable bonds is 13. The molecule has 7 nitrogen and oxygen atoms in total. The first-order valence-electron chi connectivity index (χ1n) is 8.80. The Morgan fingerprint density at radius 3 is 2.35 bits per heavy atom. The maximum Gasteiger partial charge on any atom is 0.311 e. The molecular weight excluding hydrogens is 360 g/mol. The zero-order valence-electron chi connectivity index (χ0n) is 16.4. The molecule has 0 aliphatic carbocycles. The first-order valence-corrected chi connectivity index (χ1v) is 9.96. The zero-order chi connectivity index (χ0) is 20.2. The van der Waals surface area contributed by atoms with Gasteiger partial charge in [0.1, 0.15) is 19.3 Å². The summed E-state index contributed by atoms with van der Waals surface area (Å²) in [5.74, 6) is 0.152. The fraction of sp³-hybridized carbons (Fsp3) is 0.833. The number of aliphatic hydroxyl groups is 1. The van der Waals surface area contributed by atoms with Crippen LogP contribution in [0.3, 0.4) is 0 Å². The van der Waals surface area contributed by atoms with Crippen molar-refractivity contribution >= 4 is 29.7 Å². The number of esters is 3. The molecule has 0 radical (unpaired) electrons. The number of hydrogen-bond acceptors (Lipinski definition) is 8. The van der Waals surface area contributed by atoms with Crippen molar-refractivity contribution in [2.45, 2.75) is 53.1 Å². The standard InChI is InChI=1S/C18H32O7S/c1-6-18(3,4)17(22)25-11-14(19)10-24-15(20)8-7-9-26-12-13(2)16(21)23-5/h13-14,19H,6-12H2,1-5H3. The molecule has 0 heterocycles. The van der Waals surface area contributed by atoms with Gasteiger partial charge in [-0.25, -0.2) is 0 Å². The van der Waals surface area contributed by atoms with Crippen molar-refractivity contribution < 1.29 is 33.7 Å². The Hall–Kier alpha value is -1.28. The number of aliphatic hydroxyl groups excluding tert-OH is 1. The fourth-order valence-electron chi connectivity index (χ4n) is 1.67. The Labute approximate surface area is 160 Å². The number of carbonyl (C=O) groups excluding carboxylic acids is 3. The average Bonchev–Trinajstić information content (AvgIpc) is 2.62. The minimum atomic E-state index is -1.04. The summed E-state index contributed by atoms with van der Waals surface area (Å²) in [5, 5.41) is 9.73. The largest absolute Gasteiger partial charge is 0.469 e. The zero-order valence-corrected chi connectivity index (χ0v) is 17.2. The third-order valence-electron chi connectivity index (χ3n) is 3.92. The van der Waals surface area contributed by atoms with Crippen molar-refractivity contribution in [2.75, 3.05) is 31.8 Å². The van der Waals surface area contributed by atoms with Gasteiger partial charge in [0, 0.05) is 12.2 Å². The predicted molar refractivity (Wildman–Crippen MR) is 99.7 cm³/mol. The predicted octanol–water partition coefficient (Wildman–Crippen LogP) is 2.19. The van der Waals surface area contributed by atoms with E-state index in [1.165, 1.54) is 7.11 Å². The molecule has 0 saturated carbocycles. The van der Waals surface area contributed by atoms with E-state index in [1.807, 2.05) is 6.92 Å². The number of thioether (sulfide) groups is 1. The van der Waals surface area contributed by atoms with Crippen LogP contribution in [0.15, 0.2) is 0 Å². The van der Waals surface area contributed by atoms with Crippen LogP contribution in [0.25, 0.3) is 0 Å². The molecule has 2 unspecified atom stereocenters. The lowest BCUT2D eigenvalue weighted by Crippen LogP contribution is -2.31. The van der Waals surface area contributed by atoms with E-state index in [2.05, 4.69) is 4.74 Å². The van der Waals surface area contributed by atoms with Crippen molar-refractivity contribution in [3.8, 4) is 0 Å². The van der Waals surface area contributed by atoms with Crippen molar-refractivity contribution in [2.24, 2.45) is 11.3 Å². The molecule has 152 valence electrons. The third kappa shape index (κ3) is 10.7. The normalized spacial score (nSPS) is 13.6. The minimum Gasteiger partial charge on any atom is -0.469 e. The molecule has 0 aliphatic heterocycles. The quantitative estimate of drug-likeness (QED) is 0.289. The van der Waals surface area contributed by atoms with Gasteiger partial charge in [-0.2, -0.15) is 11.8 Å². The van der Waals surface area contributed by atoms with Crippen molar-refractivity contribution in [1.29, 1.82) is 0 Å². The Balaban J connectivity index is 3.79. The SMILES string of the molecule is CCC(C)(C)C(=O)OCC(O)COC(=O)CCCSCC(C)C(=O)OC. The number of methoxy groups -OCH3 is 1. The highest BCUT2D eigenvalue weighted by molar-refractivity contribution is 7.99. The van der Waals surface area contributed by atoms with E-state index in [9.17, 15) is 19.5 Å². The summed E-state index contributed by atoms with van der Waals surface area (Å²) in [4.78, 5) is 34.6. The molecule has 0 amide bonds. The fourth-order valence-corrected chi connectivity index (χ4v) is 2.67. The summed E-state index contributed by atoms with van der Waals surface area (Å²) in [7, 11) is 1.36. The van der Waals surface area contributed by atoms with E-state index in [1.54, 1.807) is 32.5 Å². The van der Waals surface area contributed by atoms with Gasteiger partial charge in [-0.05, 0) is 32.4 Å². The van der Waals surface area contributed by atoms with E-state index in [4.69, 9.17) is 9.47 Å². The molecule has 26 heavy (non-hydrogen) atoms. The van der Waals surface area contributed by atoms with Crippen LogP contribution in [-0.2, 0) is 28.6 Å². The third-order valence-corrected chi connectivity index (χ3v) is 5.23. The van der Waals surface area contributed by atoms with Gasteiger partial charge in [-0.1, -0.05) is 13.8 Å². The van der Waals surface area contributed by atoms with Crippen molar-refractivity contribution in [3.05, 3.63) is 0 Å². The molecule has 8 heteroatoms. The van der Waals surface area contributed by atoms with Crippen molar-refractivity contribution in [3.63, 3.8) is 0 Å². The summed E-state index contributed by atoms with van der Waals surface area (Å²) in [5.41, 5.74) is -0.598. The Bertz CT molecular complexity index is 451. The monoisotopic (exact) mass is 392 g/mol. The molecule has 0 bridgehead atoms. The molecule has 0 saturated heterocycles. The Morgan fingerprint density at radius 2 is 1.77 bits per heavy atom. The maximum absolute atomic E-state index is 11.8. The molecule has 0 aliphatic rings. The summed E-state index contributed by atoms with van der Waals surface area (Å²) in [6, 6.07) is 0. The molecule has 1 N–H and O–H groups in total. The van der Waals surface area contributed by atoms with E-state index >= 15 is 0 Å². The van der Waals surface area contributed by atoms with Gasteiger partial charge in [0.2, 0.25) is 0 Å². The van der Waals surface area contributed by atoms with Crippen LogP contribution in [0.1, 0.15) is 47.0 Å². The van der Waals surface area contributed by atoms with Gasteiger partial charge in [0.05, 0.1) is 18.4 Å². The molecule has 0 fully saturated rings. The lowest BCUT2D eigenvalue weighted by molar-refractivity contribution is -0.159. The molecule has 0 aromatic carbocycles. The summed E-state index contributed by atoms with van der Waals surface area (Å²) >= 11 is 1.57. The van der Waals surface area contributed by atoms with Crippen molar-refractivity contribution in [1.82, 2.24) is 0 Å². The maximum atomic E-state index is 11.8. The molecule has 0 rings (SSSR count). The molecule has 0 spiro atoms. The Morgan fingerprint density at radius 1 is 1.15 bits per heavy atom. The van der Waals surface area contributed by atoms with Crippen LogP contribution in [0.5, 0.6) is 0 Å². The lowest BCUT2D eigenvalue weighted by Gasteiger charge is -2.21. The Kier molecular flexibility index (Phi) is 12.3. The molecule has 0 aromatic rings. The highest BCUT2D eigenvalue weighted by Crippen LogP contribution is 2.21. The van der Waals surface area contributed by atoms with Crippen LogP contribution in [0.4, 0.5) is 0 Å². The van der Waals surface area contributed by atoms with E-state index < -0.39 is 17.5 Å². The first-order chi connectivity index (χ1) is 12.1. The summed E-state index contributed by atoms with van der Waals surface area (Å²) < 4.78 is 14.6. The van der Waals surface area contributed by atoms with Gasteiger partial charge < -0.3 is 19.3 Å². The second-order valence-corrected chi connectivity index (χ2v) is 7.93. The molecule has 0 aromatic heterocycles. The van der Waals surface area contributed by atoms with E-state index in [-0.39, 0.29) is 37.5 Å². The summed E-state index contributed by atoms with van der Waals surface area (Å²) in [6.07, 6.45) is 0.445. The smallest absolute Gasteiger partial charge is 0.311 e. The minimum absolute atomic E-state index is 0.174. The highest BCUT2D eigenvalue weighted by Gasteiger charge is 2.27. The second-order valence-electron chi connectivity index (χ2n) is 6.78. The highest BCUT2D eigenvalue weighted by atomic mass is 32.2. The molecule has 2 atom stereocenters. The summed E-state index contributed by atoms with van der Waals surface area (Å²) in [6.45, 7) is 6.82. The van der Waals surface area contributed by atoms with Gasteiger partial charge in [0.25, 0.3) is 0 Å². The van der Waals surface area contributed by atoms with Gasteiger partial charge >= 0.3 is 17.9 Å². The second kappa shape index (κ2) is 13.0. The van der Waals surface area contributed by atoms with Gasteiger partial charge in [-0.15, -0.1) is 0 Å². The average molecular weight is 393 g/mol. The van der Waals surface area contributed by atoms with Crippen LogP contribution in [0.2, 0.25) is 0 Å². The lowest BCUT2D eigenvalue weighted by atomic mass is 9.91. The van der Waals surface area contributed by atoms with Crippen LogP contribution >= 0.6 is 11.8 Å². The van der Waals surface area contributed by atoms with Crippen LogP contribution < -0.4 is 0 Å². The van der Waals surface area contributed by atoms with Crippen LogP contribution in [-0.4, -0.2) is 60.9 Å². The number of hydrogen-bond donors (Lipinski definition) is 1. The number of carbonyl (C=O) groups is 3.